The summed E-state index contributed by atoms with van der Waals surface area (Å²) in [4.78, 5) is 26.2. The molecule has 1 saturated carbocycles. The first-order valence-corrected chi connectivity index (χ1v) is 10.9. The van der Waals surface area contributed by atoms with E-state index in [1.807, 2.05) is 32.9 Å². The van der Waals surface area contributed by atoms with Crippen LogP contribution in [0.25, 0.3) is 0 Å². The van der Waals surface area contributed by atoms with Gasteiger partial charge in [0.2, 0.25) is 0 Å². The number of benzene rings is 1. The summed E-state index contributed by atoms with van der Waals surface area (Å²) in [6.07, 6.45) is 8.37. The predicted octanol–water partition coefficient (Wildman–Crippen LogP) is 5.93. The van der Waals surface area contributed by atoms with Gasteiger partial charge in [-0.25, -0.2) is 0 Å². The van der Waals surface area contributed by atoms with Gasteiger partial charge in [0.25, 0.3) is 0 Å². The van der Waals surface area contributed by atoms with Gasteiger partial charge in [-0.15, -0.1) is 0 Å². The van der Waals surface area contributed by atoms with Crippen molar-refractivity contribution in [2.24, 2.45) is 11.8 Å². The second-order valence-corrected chi connectivity index (χ2v) is 7.89. The number of ketones is 1. The molecule has 1 fully saturated rings. The fraction of sp³-hybridized carbons (Fsp3) is 0.652. The number of unbranched alkanes of at least 4 members (excludes halogenated alkanes) is 3. The average molecular weight is 408 g/mol. The number of esters is 1. The summed E-state index contributed by atoms with van der Waals surface area (Å²) in [6, 6.07) is 4.06. The number of aryl methyl sites for hydroxylation is 3. The first kappa shape index (κ1) is 24.5. The van der Waals surface area contributed by atoms with E-state index in [1.54, 1.807) is 0 Å². The third-order valence-corrected chi connectivity index (χ3v) is 5.57. The van der Waals surface area contributed by atoms with Crippen molar-refractivity contribution in [1.82, 2.24) is 0 Å². The monoisotopic (exact) mass is 407 g/mol. The molecule has 0 N–H and O–H groups in total. The van der Waals surface area contributed by atoms with Gasteiger partial charge in [0, 0.05) is 5.56 Å². The van der Waals surface area contributed by atoms with E-state index in [4.69, 9.17) is 9.30 Å². The molecule has 4 nitrogen and oxygen atoms in total. The lowest BCUT2D eigenvalue weighted by Crippen LogP contribution is -2.33. The lowest BCUT2D eigenvalue weighted by atomic mass is 9.82. The summed E-state index contributed by atoms with van der Waals surface area (Å²) < 4.78 is 13.7. The quantitative estimate of drug-likeness (QED) is 0.167. The van der Waals surface area contributed by atoms with Crippen molar-refractivity contribution < 1.29 is 18.9 Å². The maximum absolute atomic E-state index is 13.4. The summed E-state index contributed by atoms with van der Waals surface area (Å²) in [5.41, 5.74) is 3.79. The van der Waals surface area contributed by atoms with Gasteiger partial charge in [0.15, 0.2) is 5.78 Å². The normalized spacial score (nSPS) is 14.9. The molecule has 0 aliphatic heterocycles. The lowest BCUT2D eigenvalue weighted by molar-refractivity contribution is -0.148. The first-order valence-electron chi connectivity index (χ1n) is 10.5. The van der Waals surface area contributed by atoms with Crippen LogP contribution in [0.4, 0.5) is 0 Å². The Labute approximate surface area is 172 Å². The van der Waals surface area contributed by atoms with Gasteiger partial charge >= 0.3 is 15.1 Å². The molecule has 0 saturated heterocycles. The van der Waals surface area contributed by atoms with Crippen LogP contribution in [0, 0.1) is 32.6 Å². The Hall–Kier alpha value is -1.54. The average Bonchev–Trinajstić information content (AvgIpc) is 3.16. The minimum absolute atomic E-state index is 0.0366. The molecule has 2 rings (SSSR count). The molecule has 28 heavy (non-hydrogen) atoms. The number of Topliss-reactive ketones (excluding diaryl/α,β-unsaturated/α-hetero) is 1. The molecule has 2 unspecified atom stereocenters. The van der Waals surface area contributed by atoms with Crippen molar-refractivity contribution in [3.05, 3.63) is 34.4 Å². The summed E-state index contributed by atoms with van der Waals surface area (Å²) in [5.74, 6) is -0.849. The largest absolute Gasteiger partial charge is 0.465 e. The lowest BCUT2D eigenvalue weighted by Gasteiger charge is -2.23. The van der Waals surface area contributed by atoms with Gasteiger partial charge in [0.1, 0.15) is 5.92 Å². The summed E-state index contributed by atoms with van der Waals surface area (Å²) in [7, 11) is 1.17. The van der Waals surface area contributed by atoms with Crippen LogP contribution in [0.2, 0.25) is 0 Å². The third-order valence-electron chi connectivity index (χ3n) is 5.57. The van der Waals surface area contributed by atoms with Crippen molar-refractivity contribution in [2.45, 2.75) is 79.1 Å². The zero-order valence-electron chi connectivity index (χ0n) is 17.9. The molecule has 0 bridgehead atoms. The number of carbonyl (C=O) groups is 2. The van der Waals surface area contributed by atoms with E-state index < -0.39 is 5.92 Å². The predicted molar refractivity (Wildman–Crippen MR) is 116 cm³/mol. The first-order chi connectivity index (χ1) is 13.5. The Morgan fingerprint density at radius 2 is 1.61 bits per heavy atom. The molecular weight excluding hydrogens is 371 g/mol. The molecule has 1 aliphatic carbocycles. The summed E-state index contributed by atoms with van der Waals surface area (Å²) >= 11 is 0. The molecule has 1 aliphatic rings. The van der Waals surface area contributed by atoms with E-state index in [0.717, 1.165) is 73.6 Å². The Bertz CT molecular complexity index is 627. The van der Waals surface area contributed by atoms with E-state index in [9.17, 15) is 9.59 Å². The number of ether oxygens (including phenoxy) is 1. The highest BCUT2D eigenvalue weighted by atomic mass is 31.0. The van der Waals surface area contributed by atoms with Gasteiger partial charge in [-0.1, -0.05) is 61.3 Å². The molecule has 0 amide bonds. The standard InChI is InChI=1S/C23H34O3.H2OP/c1-5-6-7-10-13-26-23(25)21(19-11-8-9-12-19)22(24)20-17(3)14-16(2)15-18(20)4;1-2/h14-15,19,21H,5-13H2,1-4H3;2H2/q;+1. The van der Waals surface area contributed by atoms with Crippen molar-refractivity contribution in [3.8, 4) is 0 Å². The Morgan fingerprint density at radius 3 is 2.14 bits per heavy atom. The SMILES string of the molecule is CCCCCCOC(=O)C(C(=O)c1c(C)cc(C)cc1C)C1CCCC1.O=[PH2+]. The molecule has 0 spiro atoms. The van der Waals surface area contributed by atoms with E-state index in [-0.39, 0.29) is 17.7 Å². The molecule has 1 aromatic rings. The second-order valence-electron chi connectivity index (χ2n) is 7.89. The Kier molecular flexibility index (Phi) is 11.2. The molecule has 0 heterocycles. The Balaban J connectivity index is 0.00000190. The topological polar surface area (TPSA) is 60.4 Å². The smallest absolute Gasteiger partial charge is 0.317 e. The summed E-state index contributed by atoms with van der Waals surface area (Å²) in [6.45, 7) is 8.56. The van der Waals surface area contributed by atoms with E-state index >= 15 is 0 Å². The van der Waals surface area contributed by atoms with Crippen LogP contribution in [0.5, 0.6) is 0 Å². The van der Waals surface area contributed by atoms with Gasteiger partial charge in [0.05, 0.1) is 6.61 Å². The zero-order valence-corrected chi connectivity index (χ0v) is 19.0. The maximum atomic E-state index is 13.4. The van der Waals surface area contributed by atoms with E-state index in [2.05, 4.69) is 6.92 Å². The number of carbonyl (C=O) groups excluding carboxylic acids is 2. The molecule has 0 radical (unpaired) electrons. The van der Waals surface area contributed by atoms with Crippen LogP contribution in [0.1, 0.15) is 85.3 Å². The van der Waals surface area contributed by atoms with Crippen LogP contribution in [-0.2, 0) is 14.1 Å². The highest BCUT2D eigenvalue weighted by molar-refractivity contribution is 7.00. The number of hydrogen-bond donors (Lipinski definition) is 0. The van der Waals surface area contributed by atoms with Crippen LogP contribution < -0.4 is 0 Å². The number of rotatable bonds is 9. The third kappa shape index (κ3) is 6.81. The van der Waals surface area contributed by atoms with Crippen LogP contribution in [0.15, 0.2) is 12.1 Å². The highest BCUT2D eigenvalue weighted by Crippen LogP contribution is 2.35. The van der Waals surface area contributed by atoms with Gasteiger partial charge in [-0.05, 0) is 57.1 Å². The highest BCUT2D eigenvalue weighted by Gasteiger charge is 2.38. The van der Waals surface area contributed by atoms with Gasteiger partial charge in [-0.2, -0.15) is 0 Å². The zero-order chi connectivity index (χ0) is 21.1. The van der Waals surface area contributed by atoms with Crippen LogP contribution >= 0.6 is 9.12 Å². The van der Waals surface area contributed by atoms with Crippen molar-refractivity contribution in [2.75, 3.05) is 6.61 Å². The van der Waals surface area contributed by atoms with E-state index in [0.29, 0.717) is 6.61 Å². The molecule has 0 aromatic heterocycles. The van der Waals surface area contributed by atoms with Crippen LogP contribution in [0.3, 0.4) is 0 Å². The summed E-state index contributed by atoms with van der Waals surface area (Å²) in [5, 5.41) is 0. The molecular formula is C23H36O4P+. The van der Waals surface area contributed by atoms with Crippen molar-refractivity contribution >= 4 is 20.9 Å². The maximum Gasteiger partial charge on any atom is 0.317 e. The Morgan fingerprint density at radius 1 is 1.04 bits per heavy atom. The van der Waals surface area contributed by atoms with E-state index in [1.165, 1.54) is 9.12 Å². The van der Waals surface area contributed by atoms with Gasteiger partial charge in [-0.3, -0.25) is 9.59 Å². The number of hydrogen-bond acceptors (Lipinski definition) is 4. The fourth-order valence-electron chi connectivity index (χ4n) is 4.32. The minimum atomic E-state index is -0.635. The molecule has 2 atom stereocenters. The molecule has 5 heteroatoms. The minimum Gasteiger partial charge on any atom is -0.465 e. The van der Waals surface area contributed by atoms with Gasteiger partial charge < -0.3 is 4.74 Å². The van der Waals surface area contributed by atoms with Crippen molar-refractivity contribution in [1.29, 1.82) is 0 Å². The molecule has 1 aromatic carbocycles. The van der Waals surface area contributed by atoms with Crippen LogP contribution in [-0.4, -0.2) is 18.4 Å². The second kappa shape index (κ2) is 12.8. The fourth-order valence-corrected chi connectivity index (χ4v) is 4.32. The molecule has 156 valence electrons. The van der Waals surface area contributed by atoms with Crippen molar-refractivity contribution in [3.63, 3.8) is 0 Å².